The van der Waals surface area contributed by atoms with Gasteiger partial charge in [-0.3, -0.25) is 30.0 Å². The first-order valence-electron chi connectivity index (χ1n) is 12.7. The van der Waals surface area contributed by atoms with Gasteiger partial charge in [-0.05, 0) is 59.7 Å². The maximum atomic E-state index is 13.1. The first-order chi connectivity index (χ1) is 20.2. The standard InChI is InChI=1S/C31H23N5O6/c1-19-11-12-22(33-27-14-13-23(35(39)40)17-29(27)36(41)42)16-28(19)32-18-26-24-10-6-5-7-20(24)15-25(30(26)37)31(38)34-21-8-3-2-4-9-21/h2-18,33,37H,1H3,(H,34,38). The van der Waals surface area contributed by atoms with E-state index in [4.69, 9.17) is 0 Å². The van der Waals surface area contributed by atoms with Crippen LogP contribution in [0.2, 0.25) is 0 Å². The highest BCUT2D eigenvalue weighted by atomic mass is 16.6. The van der Waals surface area contributed by atoms with E-state index in [9.17, 15) is 30.1 Å². The highest BCUT2D eigenvalue weighted by Crippen LogP contribution is 2.34. The number of rotatable bonds is 8. The van der Waals surface area contributed by atoms with Gasteiger partial charge < -0.3 is 15.7 Å². The topological polar surface area (TPSA) is 160 Å². The number of aromatic hydroxyl groups is 1. The number of para-hydroxylation sites is 1. The maximum absolute atomic E-state index is 13.1. The lowest BCUT2D eigenvalue weighted by Crippen LogP contribution is -2.12. The van der Waals surface area contributed by atoms with Crippen molar-refractivity contribution in [3.8, 4) is 5.75 Å². The largest absolute Gasteiger partial charge is 0.506 e. The summed E-state index contributed by atoms with van der Waals surface area (Å²) < 4.78 is 0. The van der Waals surface area contributed by atoms with E-state index in [1.54, 1.807) is 48.5 Å². The average Bonchev–Trinajstić information content (AvgIpc) is 2.98. The number of nitrogens with zero attached hydrogens (tertiary/aromatic N) is 3. The van der Waals surface area contributed by atoms with E-state index in [0.29, 0.717) is 28.0 Å². The zero-order valence-corrected chi connectivity index (χ0v) is 22.1. The van der Waals surface area contributed by atoms with Crippen molar-refractivity contribution < 1.29 is 19.7 Å². The first-order valence-corrected chi connectivity index (χ1v) is 12.7. The molecule has 0 saturated heterocycles. The summed E-state index contributed by atoms with van der Waals surface area (Å²) in [6.07, 6.45) is 1.47. The first kappa shape index (κ1) is 27.5. The van der Waals surface area contributed by atoms with Gasteiger partial charge in [0.25, 0.3) is 17.3 Å². The number of phenols is 1. The van der Waals surface area contributed by atoms with Crippen LogP contribution >= 0.6 is 0 Å². The fourth-order valence-corrected chi connectivity index (χ4v) is 4.39. The summed E-state index contributed by atoms with van der Waals surface area (Å²) >= 11 is 0. The lowest BCUT2D eigenvalue weighted by atomic mass is 9.99. The molecule has 1 amide bonds. The Morgan fingerprint density at radius 2 is 1.60 bits per heavy atom. The molecule has 0 fully saturated rings. The molecule has 3 N–H and O–H groups in total. The summed E-state index contributed by atoms with van der Waals surface area (Å²) in [5.41, 5.74) is 1.96. The lowest BCUT2D eigenvalue weighted by molar-refractivity contribution is -0.393. The third-order valence-corrected chi connectivity index (χ3v) is 6.55. The van der Waals surface area contributed by atoms with Gasteiger partial charge in [0.1, 0.15) is 11.4 Å². The molecule has 0 heterocycles. The summed E-state index contributed by atoms with van der Waals surface area (Å²) in [4.78, 5) is 38.9. The minimum Gasteiger partial charge on any atom is -0.506 e. The van der Waals surface area contributed by atoms with Crippen molar-refractivity contribution in [3.05, 3.63) is 134 Å². The minimum absolute atomic E-state index is 0.0742. The predicted molar refractivity (Wildman–Crippen MR) is 161 cm³/mol. The molecule has 0 aliphatic carbocycles. The fourth-order valence-electron chi connectivity index (χ4n) is 4.39. The maximum Gasteiger partial charge on any atom is 0.299 e. The van der Waals surface area contributed by atoms with Gasteiger partial charge in [-0.1, -0.05) is 48.5 Å². The van der Waals surface area contributed by atoms with Crippen molar-refractivity contribution in [2.24, 2.45) is 4.99 Å². The Morgan fingerprint density at radius 1 is 0.857 bits per heavy atom. The highest BCUT2D eigenvalue weighted by Gasteiger charge is 2.20. The van der Waals surface area contributed by atoms with Gasteiger partial charge in [0.2, 0.25) is 0 Å². The molecular weight excluding hydrogens is 538 g/mol. The molecule has 11 heteroatoms. The molecule has 0 radical (unpaired) electrons. The molecule has 5 aromatic carbocycles. The van der Waals surface area contributed by atoms with Crippen LogP contribution in [-0.2, 0) is 0 Å². The number of carbonyl (C=O) groups excluding carboxylic acids is 1. The number of aryl methyl sites for hydroxylation is 1. The Bertz CT molecular complexity index is 1890. The Kier molecular flexibility index (Phi) is 7.56. The van der Waals surface area contributed by atoms with E-state index >= 15 is 0 Å². The summed E-state index contributed by atoms with van der Waals surface area (Å²) in [7, 11) is 0. The van der Waals surface area contributed by atoms with Crippen molar-refractivity contribution in [1.29, 1.82) is 0 Å². The Hall–Kier alpha value is -6.10. The van der Waals surface area contributed by atoms with Crippen molar-refractivity contribution in [1.82, 2.24) is 0 Å². The molecule has 0 unspecified atom stereocenters. The molecule has 5 rings (SSSR count). The number of fused-ring (bicyclic) bond motifs is 1. The van der Waals surface area contributed by atoms with E-state index in [0.717, 1.165) is 17.0 Å². The molecule has 0 bridgehead atoms. The Balaban J connectivity index is 1.50. The van der Waals surface area contributed by atoms with Crippen LogP contribution in [0.15, 0.2) is 102 Å². The molecule has 0 aliphatic heterocycles. The number of hydrogen-bond donors (Lipinski definition) is 3. The van der Waals surface area contributed by atoms with Crippen LogP contribution in [0.5, 0.6) is 5.75 Å². The SMILES string of the molecule is Cc1ccc(Nc2ccc([N+](=O)[O-])cc2[N+](=O)[O-])cc1N=Cc1c(O)c(C(=O)Nc2ccccc2)cc2ccccc12. The Labute approximate surface area is 239 Å². The van der Waals surface area contributed by atoms with E-state index in [1.165, 1.54) is 18.3 Å². The lowest BCUT2D eigenvalue weighted by Gasteiger charge is -2.12. The smallest absolute Gasteiger partial charge is 0.299 e. The van der Waals surface area contributed by atoms with Crippen LogP contribution in [0.1, 0.15) is 21.5 Å². The van der Waals surface area contributed by atoms with Gasteiger partial charge in [0.05, 0.1) is 27.2 Å². The zero-order valence-electron chi connectivity index (χ0n) is 22.1. The molecule has 0 aliphatic rings. The summed E-state index contributed by atoms with van der Waals surface area (Å²) in [6.45, 7) is 1.83. The van der Waals surface area contributed by atoms with Crippen molar-refractivity contribution >= 4 is 57.0 Å². The number of phenolic OH excluding ortho intramolecular Hbond substituents is 1. The van der Waals surface area contributed by atoms with Gasteiger partial charge in [0.15, 0.2) is 0 Å². The molecule has 0 aromatic heterocycles. The zero-order chi connectivity index (χ0) is 29.8. The van der Waals surface area contributed by atoms with Gasteiger partial charge in [-0.15, -0.1) is 0 Å². The third-order valence-electron chi connectivity index (χ3n) is 6.55. The van der Waals surface area contributed by atoms with Crippen LogP contribution in [0.4, 0.5) is 34.1 Å². The Morgan fingerprint density at radius 3 is 2.33 bits per heavy atom. The van der Waals surface area contributed by atoms with E-state index in [-0.39, 0.29) is 17.0 Å². The monoisotopic (exact) mass is 561 g/mol. The number of nitrogens with one attached hydrogen (secondary N) is 2. The number of nitro groups is 2. The van der Waals surface area contributed by atoms with E-state index in [2.05, 4.69) is 15.6 Å². The number of aliphatic imine (C=N–C) groups is 1. The number of carbonyl (C=O) groups is 1. The number of benzene rings is 5. The van der Waals surface area contributed by atoms with Gasteiger partial charge in [-0.25, -0.2) is 0 Å². The van der Waals surface area contributed by atoms with Gasteiger partial charge in [-0.2, -0.15) is 0 Å². The summed E-state index contributed by atoms with van der Waals surface area (Å²) in [6, 6.07) is 26.3. The number of anilines is 3. The minimum atomic E-state index is -0.700. The quantitative estimate of drug-likeness (QED) is 0.101. The van der Waals surface area contributed by atoms with Crippen molar-refractivity contribution in [2.75, 3.05) is 10.6 Å². The van der Waals surface area contributed by atoms with Crippen LogP contribution in [-0.4, -0.2) is 27.1 Å². The molecule has 0 saturated carbocycles. The number of nitro benzene ring substituents is 2. The van der Waals surface area contributed by atoms with Gasteiger partial charge in [0, 0.05) is 29.2 Å². The second-order valence-corrected chi connectivity index (χ2v) is 9.33. The number of hydrogen-bond acceptors (Lipinski definition) is 8. The second-order valence-electron chi connectivity index (χ2n) is 9.33. The highest BCUT2D eigenvalue weighted by molar-refractivity contribution is 6.13. The molecule has 0 spiro atoms. The van der Waals surface area contributed by atoms with Gasteiger partial charge >= 0.3 is 0 Å². The molecule has 0 atom stereocenters. The molecule has 208 valence electrons. The normalized spacial score (nSPS) is 11.0. The number of non-ortho nitro benzene ring substituents is 1. The van der Waals surface area contributed by atoms with E-state index in [1.807, 2.05) is 37.3 Å². The summed E-state index contributed by atoms with van der Waals surface area (Å²) in [5.74, 6) is -0.717. The summed E-state index contributed by atoms with van der Waals surface area (Å²) in [5, 5.41) is 41.0. The van der Waals surface area contributed by atoms with Crippen LogP contribution in [0.3, 0.4) is 0 Å². The van der Waals surface area contributed by atoms with Crippen LogP contribution < -0.4 is 10.6 Å². The van der Waals surface area contributed by atoms with E-state index < -0.39 is 27.1 Å². The molecule has 5 aromatic rings. The van der Waals surface area contributed by atoms with Crippen LogP contribution in [0.25, 0.3) is 10.8 Å². The fraction of sp³-hybridized carbons (Fsp3) is 0.0323. The third kappa shape index (κ3) is 5.75. The average molecular weight is 562 g/mol. The molecule has 11 nitrogen and oxygen atoms in total. The second kappa shape index (κ2) is 11.6. The van der Waals surface area contributed by atoms with Crippen molar-refractivity contribution in [3.63, 3.8) is 0 Å². The molecule has 42 heavy (non-hydrogen) atoms. The predicted octanol–water partition coefficient (Wildman–Crippen LogP) is 7.42. The molecular formula is C31H23N5O6. The number of amides is 1. The van der Waals surface area contributed by atoms with Crippen LogP contribution in [0, 0.1) is 27.2 Å². The van der Waals surface area contributed by atoms with Crippen molar-refractivity contribution in [2.45, 2.75) is 6.92 Å².